The van der Waals surface area contributed by atoms with Crippen LogP contribution in [-0.2, 0) is 0 Å². The Morgan fingerprint density at radius 2 is 0.873 bits per heavy atom. The number of fused-ring (bicyclic) bond motifs is 11. The first-order valence-corrected chi connectivity index (χ1v) is 21.5. The first-order valence-electron chi connectivity index (χ1n) is 18.3. The molecule has 0 radical (unpaired) electrons. The van der Waals surface area contributed by atoms with E-state index in [2.05, 4.69) is 175 Å². The van der Waals surface area contributed by atoms with E-state index in [0.29, 0.717) is 0 Å². The lowest BCUT2D eigenvalue weighted by atomic mass is 10.0. The van der Waals surface area contributed by atoms with E-state index in [1.807, 2.05) is 34.0 Å². The van der Waals surface area contributed by atoms with E-state index < -0.39 is 0 Å². The van der Waals surface area contributed by atoms with Gasteiger partial charge in [0, 0.05) is 83.1 Å². The van der Waals surface area contributed by atoms with Gasteiger partial charge in [0.25, 0.3) is 0 Å². The molecular formula is C49H28N2S4. The summed E-state index contributed by atoms with van der Waals surface area (Å²) >= 11 is 7.35. The SMILES string of the molecule is c1ccc(-c2nc3c(ccc4sc5cc(-c6ccc(N(c7ccc8sc9ccccc9c8c7)c7ccc8sc9ccccc9c8c7)cc6)ccc5c43)s2)cc1. The lowest BCUT2D eigenvalue weighted by Crippen LogP contribution is -2.09. The molecular weight excluding hydrogens is 745 g/mol. The molecule has 0 aliphatic heterocycles. The van der Waals surface area contributed by atoms with Crippen molar-refractivity contribution in [3.05, 3.63) is 170 Å². The van der Waals surface area contributed by atoms with Gasteiger partial charge in [-0.05, 0) is 90.0 Å². The molecule has 258 valence electrons. The van der Waals surface area contributed by atoms with Crippen molar-refractivity contribution in [2.45, 2.75) is 0 Å². The second-order valence-electron chi connectivity index (χ2n) is 13.9. The van der Waals surface area contributed by atoms with Gasteiger partial charge >= 0.3 is 0 Å². The fourth-order valence-electron chi connectivity index (χ4n) is 8.09. The van der Waals surface area contributed by atoms with Crippen molar-refractivity contribution < 1.29 is 0 Å². The number of hydrogen-bond acceptors (Lipinski definition) is 6. The van der Waals surface area contributed by atoms with Crippen LogP contribution in [0.4, 0.5) is 17.1 Å². The van der Waals surface area contributed by atoms with Crippen LogP contribution >= 0.6 is 45.3 Å². The van der Waals surface area contributed by atoms with Gasteiger partial charge in [-0.25, -0.2) is 4.98 Å². The Kier molecular flexibility index (Phi) is 7.04. The average Bonchev–Trinajstić information content (AvgIpc) is 4.02. The Morgan fingerprint density at radius 3 is 1.56 bits per heavy atom. The Hall–Kier alpha value is -5.89. The summed E-state index contributed by atoms with van der Waals surface area (Å²) in [5.41, 5.74) is 8.12. The molecule has 4 heterocycles. The highest BCUT2D eigenvalue weighted by molar-refractivity contribution is 7.27. The minimum atomic E-state index is 1.07. The van der Waals surface area contributed by atoms with Crippen molar-refractivity contribution in [2.24, 2.45) is 0 Å². The first kappa shape index (κ1) is 31.5. The first-order chi connectivity index (χ1) is 27.2. The summed E-state index contributed by atoms with van der Waals surface area (Å²) in [4.78, 5) is 7.59. The molecule has 0 aliphatic carbocycles. The molecule has 55 heavy (non-hydrogen) atoms. The predicted octanol–water partition coefficient (Wildman–Crippen LogP) is 16.2. The zero-order valence-corrected chi connectivity index (χ0v) is 32.5. The third kappa shape index (κ3) is 5.06. The standard InChI is InChI=1S/C49H28N2S4/c1-2-8-30(9-3-1)49-50-48-45(55-49)25-24-44-47(48)37-21-16-31(26-46(37)54-44)29-14-17-32(18-15-29)51(33-19-22-42-38(27-33)35-10-4-6-12-40(35)52-42)34-20-23-43-39(28-34)36-11-5-7-13-41(36)53-43/h1-28H. The molecule has 6 heteroatoms. The normalized spacial score (nSPS) is 12.0. The van der Waals surface area contributed by atoms with Crippen molar-refractivity contribution >= 4 is 133 Å². The van der Waals surface area contributed by atoms with Crippen LogP contribution in [0.2, 0.25) is 0 Å². The number of thiophene rings is 3. The maximum atomic E-state index is 5.17. The molecule has 12 aromatic rings. The summed E-state index contributed by atoms with van der Waals surface area (Å²) in [5, 5.41) is 8.81. The van der Waals surface area contributed by atoms with Gasteiger partial charge in [0.1, 0.15) is 5.01 Å². The molecule has 8 aromatic carbocycles. The van der Waals surface area contributed by atoms with Crippen LogP contribution in [-0.4, -0.2) is 4.98 Å². The molecule has 0 spiro atoms. The molecule has 0 aliphatic rings. The molecule has 0 saturated heterocycles. The number of hydrogen-bond donors (Lipinski definition) is 0. The van der Waals surface area contributed by atoms with Gasteiger partial charge in [0.15, 0.2) is 0 Å². The van der Waals surface area contributed by atoms with Crippen molar-refractivity contribution in [2.75, 3.05) is 4.90 Å². The monoisotopic (exact) mass is 772 g/mol. The molecule has 0 fully saturated rings. The number of aromatic nitrogens is 1. The smallest absolute Gasteiger partial charge is 0.124 e. The summed E-state index contributed by atoms with van der Waals surface area (Å²) in [7, 11) is 0. The third-order valence-electron chi connectivity index (χ3n) is 10.7. The zero-order valence-electron chi connectivity index (χ0n) is 29.2. The predicted molar refractivity (Wildman–Crippen MR) is 244 cm³/mol. The number of rotatable bonds is 5. The van der Waals surface area contributed by atoms with Gasteiger partial charge in [-0.3, -0.25) is 0 Å². The molecule has 0 bridgehead atoms. The van der Waals surface area contributed by atoms with Crippen molar-refractivity contribution in [3.8, 4) is 21.7 Å². The average molecular weight is 773 g/mol. The Balaban J connectivity index is 0.966. The Labute approximate surface area is 332 Å². The fourth-order valence-corrected chi connectivity index (χ4v) is 12.4. The third-order valence-corrected chi connectivity index (χ3v) is 15.2. The molecule has 0 unspecified atom stereocenters. The van der Waals surface area contributed by atoms with Gasteiger partial charge in [-0.1, -0.05) is 91.0 Å². The largest absolute Gasteiger partial charge is 0.310 e. The number of nitrogens with zero attached hydrogens (tertiary/aromatic N) is 2. The van der Waals surface area contributed by atoms with E-state index in [4.69, 9.17) is 4.98 Å². The van der Waals surface area contributed by atoms with Crippen LogP contribution < -0.4 is 4.90 Å². The summed E-state index contributed by atoms with van der Waals surface area (Å²) in [5.74, 6) is 0. The molecule has 0 atom stereocenters. The van der Waals surface area contributed by atoms with E-state index in [1.54, 1.807) is 11.3 Å². The van der Waals surface area contributed by atoms with Crippen molar-refractivity contribution in [3.63, 3.8) is 0 Å². The van der Waals surface area contributed by atoms with E-state index in [0.717, 1.165) is 27.6 Å². The van der Waals surface area contributed by atoms with Crippen LogP contribution in [0.1, 0.15) is 0 Å². The van der Waals surface area contributed by atoms with Crippen LogP contribution in [0.5, 0.6) is 0 Å². The minimum absolute atomic E-state index is 1.07. The number of benzene rings is 8. The van der Waals surface area contributed by atoms with Crippen LogP contribution in [0.15, 0.2) is 170 Å². The second kappa shape index (κ2) is 12.3. The van der Waals surface area contributed by atoms with Gasteiger partial charge < -0.3 is 4.90 Å². The summed E-state index contributed by atoms with van der Waals surface area (Å²) < 4.78 is 9.05. The molecule has 12 rings (SSSR count). The van der Waals surface area contributed by atoms with E-state index in [9.17, 15) is 0 Å². The van der Waals surface area contributed by atoms with Crippen LogP contribution in [0.25, 0.3) is 92.4 Å². The van der Waals surface area contributed by atoms with Crippen molar-refractivity contribution in [1.82, 2.24) is 4.98 Å². The van der Waals surface area contributed by atoms with Crippen LogP contribution in [0.3, 0.4) is 0 Å². The second-order valence-corrected chi connectivity index (χ2v) is 18.2. The molecule has 0 saturated carbocycles. The maximum Gasteiger partial charge on any atom is 0.124 e. The highest BCUT2D eigenvalue weighted by atomic mass is 32.1. The minimum Gasteiger partial charge on any atom is -0.310 e. The van der Waals surface area contributed by atoms with Gasteiger partial charge in [0.05, 0.1) is 10.2 Å². The number of thiazole rings is 1. The van der Waals surface area contributed by atoms with E-state index in [1.165, 1.54) is 81.9 Å². The fraction of sp³-hybridized carbons (Fsp3) is 0. The van der Waals surface area contributed by atoms with Gasteiger partial charge in [0.2, 0.25) is 0 Å². The van der Waals surface area contributed by atoms with Crippen LogP contribution in [0, 0.1) is 0 Å². The molecule has 2 nitrogen and oxygen atoms in total. The maximum absolute atomic E-state index is 5.17. The Morgan fingerprint density at radius 1 is 0.327 bits per heavy atom. The lowest BCUT2D eigenvalue weighted by molar-refractivity contribution is 1.30. The van der Waals surface area contributed by atoms with E-state index in [-0.39, 0.29) is 0 Å². The summed E-state index contributed by atoms with van der Waals surface area (Å²) in [6.07, 6.45) is 0. The molecule has 4 aromatic heterocycles. The quantitative estimate of drug-likeness (QED) is 0.173. The number of anilines is 3. The van der Waals surface area contributed by atoms with E-state index >= 15 is 0 Å². The zero-order chi connectivity index (χ0) is 36.0. The van der Waals surface area contributed by atoms with Gasteiger partial charge in [-0.15, -0.1) is 45.3 Å². The molecule has 0 N–H and O–H groups in total. The molecule has 0 amide bonds. The summed E-state index contributed by atoms with van der Waals surface area (Å²) in [6.45, 7) is 0. The summed E-state index contributed by atoms with van der Waals surface area (Å²) in [6, 6.07) is 62.4. The topological polar surface area (TPSA) is 16.1 Å². The van der Waals surface area contributed by atoms with Crippen molar-refractivity contribution in [1.29, 1.82) is 0 Å². The van der Waals surface area contributed by atoms with Gasteiger partial charge in [-0.2, -0.15) is 0 Å². The highest BCUT2D eigenvalue weighted by Crippen LogP contribution is 2.45. The highest BCUT2D eigenvalue weighted by Gasteiger charge is 2.18. The lowest BCUT2D eigenvalue weighted by Gasteiger charge is -2.26. The Bertz CT molecular complexity index is 3330.